The summed E-state index contributed by atoms with van der Waals surface area (Å²) in [5, 5.41) is 5.37. The summed E-state index contributed by atoms with van der Waals surface area (Å²) in [4.78, 5) is 13.8. The van der Waals surface area contributed by atoms with Crippen molar-refractivity contribution in [3.05, 3.63) is 45.1 Å². The van der Waals surface area contributed by atoms with Crippen molar-refractivity contribution < 1.29 is 9.53 Å². The largest absolute Gasteiger partial charge is 0.381 e. The van der Waals surface area contributed by atoms with Gasteiger partial charge in [-0.1, -0.05) is 11.6 Å². The lowest BCUT2D eigenvalue weighted by Gasteiger charge is -2.17. The number of benzene rings is 1. The number of fused-ring (bicyclic) bond motifs is 1. The second-order valence-electron chi connectivity index (χ2n) is 5.14. The van der Waals surface area contributed by atoms with Crippen LogP contribution in [0.4, 0.5) is 11.4 Å². The minimum Gasteiger partial charge on any atom is -0.381 e. The van der Waals surface area contributed by atoms with Crippen molar-refractivity contribution in [1.29, 1.82) is 0 Å². The van der Waals surface area contributed by atoms with Gasteiger partial charge >= 0.3 is 0 Å². The van der Waals surface area contributed by atoms with E-state index >= 15 is 0 Å². The Morgan fingerprint density at radius 3 is 3.05 bits per heavy atom. The number of nitrogens with one attached hydrogen (secondary N) is 1. The van der Waals surface area contributed by atoms with E-state index in [2.05, 4.69) is 11.4 Å². The standard InChI is InChI=1S/C16H17ClN2O2S/c1-21-10-15(20)19-6-4-11-8-13(2-3-14(11)19)18-9-12-5-7-22-16(12)17/h2-3,5,7-8,18H,4,6,9-10H2,1H3. The number of ether oxygens (including phenoxy) is 1. The lowest BCUT2D eigenvalue weighted by atomic mass is 10.1. The van der Waals surface area contributed by atoms with Gasteiger partial charge in [-0.2, -0.15) is 0 Å². The first kappa shape index (κ1) is 15.3. The van der Waals surface area contributed by atoms with Crippen LogP contribution < -0.4 is 10.2 Å². The zero-order chi connectivity index (χ0) is 15.5. The number of anilines is 2. The number of rotatable bonds is 5. The van der Waals surface area contributed by atoms with Crippen molar-refractivity contribution in [1.82, 2.24) is 0 Å². The minimum atomic E-state index is 0.00649. The van der Waals surface area contributed by atoms with Gasteiger partial charge in [-0.05, 0) is 41.6 Å². The third kappa shape index (κ3) is 3.11. The molecule has 4 nitrogen and oxygen atoms in total. The molecule has 2 aromatic rings. The van der Waals surface area contributed by atoms with E-state index in [1.165, 1.54) is 24.0 Å². The molecule has 2 heterocycles. The number of halogens is 1. The molecule has 1 aromatic heterocycles. The average molecular weight is 337 g/mol. The molecular weight excluding hydrogens is 320 g/mol. The van der Waals surface area contributed by atoms with Crippen LogP contribution >= 0.6 is 22.9 Å². The van der Waals surface area contributed by atoms with Gasteiger partial charge in [-0.3, -0.25) is 4.79 Å². The van der Waals surface area contributed by atoms with Gasteiger partial charge in [0.25, 0.3) is 5.91 Å². The molecule has 0 unspecified atom stereocenters. The summed E-state index contributed by atoms with van der Waals surface area (Å²) in [6.45, 7) is 1.54. The zero-order valence-corrected chi connectivity index (χ0v) is 13.8. The summed E-state index contributed by atoms with van der Waals surface area (Å²) in [6, 6.07) is 8.12. The van der Waals surface area contributed by atoms with E-state index in [1.54, 1.807) is 4.90 Å². The predicted molar refractivity (Wildman–Crippen MR) is 91.0 cm³/mol. The van der Waals surface area contributed by atoms with Gasteiger partial charge in [0.1, 0.15) is 6.61 Å². The predicted octanol–water partition coefficient (Wildman–Crippen LogP) is 3.55. The Bertz CT molecular complexity index is 687. The van der Waals surface area contributed by atoms with E-state index in [0.717, 1.165) is 34.2 Å². The third-order valence-electron chi connectivity index (χ3n) is 3.72. The fourth-order valence-corrected chi connectivity index (χ4v) is 3.54. The average Bonchev–Trinajstić information content (AvgIpc) is 3.11. The fraction of sp³-hybridized carbons (Fsp3) is 0.312. The number of hydrogen-bond donors (Lipinski definition) is 1. The van der Waals surface area contributed by atoms with Crippen LogP contribution in [0.25, 0.3) is 0 Å². The van der Waals surface area contributed by atoms with Crippen LogP contribution in [0.15, 0.2) is 29.6 Å². The highest BCUT2D eigenvalue weighted by atomic mass is 35.5. The topological polar surface area (TPSA) is 41.6 Å². The lowest BCUT2D eigenvalue weighted by molar-refractivity contribution is -0.122. The molecule has 3 rings (SSSR count). The number of thiophene rings is 1. The number of carbonyl (C=O) groups excluding carboxylic acids is 1. The van der Waals surface area contributed by atoms with Gasteiger partial charge in [0, 0.05) is 37.1 Å². The Labute approximate surface area is 138 Å². The van der Waals surface area contributed by atoms with Crippen LogP contribution in [-0.4, -0.2) is 26.2 Å². The van der Waals surface area contributed by atoms with Crippen LogP contribution in [0.3, 0.4) is 0 Å². The third-order valence-corrected chi connectivity index (χ3v) is 4.97. The van der Waals surface area contributed by atoms with Gasteiger partial charge in [-0.15, -0.1) is 11.3 Å². The molecule has 1 amide bonds. The van der Waals surface area contributed by atoms with Crippen LogP contribution in [0.1, 0.15) is 11.1 Å². The summed E-state index contributed by atoms with van der Waals surface area (Å²) >= 11 is 7.64. The molecule has 0 fully saturated rings. The molecule has 0 atom stereocenters. The van der Waals surface area contributed by atoms with E-state index in [9.17, 15) is 4.79 Å². The van der Waals surface area contributed by atoms with Crippen molar-refractivity contribution in [2.24, 2.45) is 0 Å². The first-order chi connectivity index (χ1) is 10.7. The van der Waals surface area contributed by atoms with Gasteiger partial charge in [0.2, 0.25) is 0 Å². The normalized spacial score (nSPS) is 13.3. The molecule has 0 bridgehead atoms. The molecule has 6 heteroatoms. The summed E-state index contributed by atoms with van der Waals surface area (Å²) in [6.07, 6.45) is 0.875. The Balaban J connectivity index is 1.70. The van der Waals surface area contributed by atoms with Gasteiger partial charge in [-0.25, -0.2) is 0 Å². The second-order valence-corrected chi connectivity index (χ2v) is 6.66. The molecule has 0 saturated heterocycles. The molecule has 0 saturated carbocycles. The van der Waals surface area contributed by atoms with Crippen LogP contribution in [-0.2, 0) is 22.5 Å². The van der Waals surface area contributed by atoms with Crippen LogP contribution in [0, 0.1) is 0 Å². The maximum atomic E-state index is 12.0. The summed E-state index contributed by atoms with van der Waals surface area (Å²) < 4.78 is 5.75. The van der Waals surface area contributed by atoms with Crippen LogP contribution in [0.5, 0.6) is 0 Å². The maximum Gasteiger partial charge on any atom is 0.252 e. The number of methoxy groups -OCH3 is 1. The maximum absolute atomic E-state index is 12.0. The van der Waals surface area contributed by atoms with Crippen molar-refractivity contribution in [3.8, 4) is 0 Å². The zero-order valence-electron chi connectivity index (χ0n) is 12.3. The smallest absolute Gasteiger partial charge is 0.252 e. The van der Waals surface area contributed by atoms with Crippen molar-refractivity contribution >= 4 is 40.2 Å². The van der Waals surface area contributed by atoms with E-state index < -0.39 is 0 Å². The number of hydrogen-bond acceptors (Lipinski definition) is 4. The van der Waals surface area contributed by atoms with Crippen molar-refractivity contribution in [2.45, 2.75) is 13.0 Å². The highest BCUT2D eigenvalue weighted by Crippen LogP contribution is 2.31. The molecule has 116 valence electrons. The molecule has 1 aliphatic heterocycles. The molecule has 22 heavy (non-hydrogen) atoms. The highest BCUT2D eigenvalue weighted by Gasteiger charge is 2.24. The number of carbonyl (C=O) groups is 1. The Morgan fingerprint density at radius 2 is 2.32 bits per heavy atom. The molecule has 0 aliphatic carbocycles. The van der Waals surface area contributed by atoms with Gasteiger partial charge in [0.05, 0.1) is 4.34 Å². The number of nitrogens with zero attached hydrogens (tertiary/aromatic N) is 1. The minimum absolute atomic E-state index is 0.00649. The summed E-state index contributed by atoms with van der Waals surface area (Å²) in [5.74, 6) is 0.00649. The second kappa shape index (κ2) is 6.69. The molecule has 1 aromatic carbocycles. The monoisotopic (exact) mass is 336 g/mol. The first-order valence-corrected chi connectivity index (χ1v) is 8.33. The van der Waals surface area contributed by atoms with Gasteiger partial charge in [0.15, 0.2) is 0 Å². The molecule has 1 aliphatic rings. The Hall–Kier alpha value is -1.56. The molecule has 0 radical (unpaired) electrons. The Morgan fingerprint density at radius 1 is 1.45 bits per heavy atom. The highest BCUT2D eigenvalue weighted by molar-refractivity contribution is 7.14. The van der Waals surface area contributed by atoms with Crippen molar-refractivity contribution in [3.63, 3.8) is 0 Å². The fourth-order valence-electron chi connectivity index (χ4n) is 2.61. The molecule has 0 spiro atoms. The SMILES string of the molecule is COCC(=O)N1CCc2cc(NCc3ccsc3Cl)ccc21. The van der Waals surface area contributed by atoms with E-state index in [4.69, 9.17) is 16.3 Å². The van der Waals surface area contributed by atoms with Gasteiger partial charge < -0.3 is 15.0 Å². The lowest BCUT2D eigenvalue weighted by Crippen LogP contribution is -2.31. The molecular formula is C16H17ClN2O2S. The first-order valence-electron chi connectivity index (χ1n) is 7.07. The summed E-state index contributed by atoms with van der Waals surface area (Å²) in [7, 11) is 1.54. The van der Waals surface area contributed by atoms with E-state index in [-0.39, 0.29) is 12.5 Å². The van der Waals surface area contributed by atoms with E-state index in [1.807, 2.05) is 23.6 Å². The van der Waals surface area contributed by atoms with E-state index in [0.29, 0.717) is 6.54 Å². The number of amides is 1. The molecule has 1 N–H and O–H groups in total. The van der Waals surface area contributed by atoms with Crippen LogP contribution in [0.2, 0.25) is 4.34 Å². The Kier molecular flexibility index (Phi) is 4.66. The summed E-state index contributed by atoms with van der Waals surface area (Å²) in [5.41, 5.74) is 4.32. The quantitative estimate of drug-likeness (QED) is 0.908. The van der Waals surface area contributed by atoms with Crippen molar-refractivity contribution in [2.75, 3.05) is 30.5 Å².